The van der Waals surface area contributed by atoms with Crippen molar-refractivity contribution in [3.63, 3.8) is 0 Å². The normalized spacial score (nSPS) is 14.1. The highest BCUT2D eigenvalue weighted by molar-refractivity contribution is 7.13. The van der Waals surface area contributed by atoms with Crippen LogP contribution in [-0.4, -0.2) is 46.8 Å². The Hall–Kier alpha value is -2.80. The SMILES string of the molecule is O=C(c1cc(-c2cccs2)nn1-c1cccc(Cl)c1)N1CCN(c2ccccc2Cl)CC1. The number of piperazine rings is 1. The van der Waals surface area contributed by atoms with Crippen LogP contribution >= 0.6 is 34.5 Å². The molecule has 1 amide bonds. The fraction of sp³-hybridized carbons (Fsp3) is 0.167. The second-order valence-corrected chi connectivity index (χ2v) is 9.31. The van der Waals surface area contributed by atoms with Crippen molar-refractivity contribution in [1.82, 2.24) is 14.7 Å². The van der Waals surface area contributed by atoms with Gasteiger partial charge in [-0.15, -0.1) is 11.3 Å². The van der Waals surface area contributed by atoms with Gasteiger partial charge in [0.15, 0.2) is 0 Å². The zero-order chi connectivity index (χ0) is 22.1. The van der Waals surface area contributed by atoms with E-state index in [1.807, 2.05) is 77.0 Å². The minimum absolute atomic E-state index is 0.0425. The Morgan fingerprint density at radius 2 is 1.72 bits per heavy atom. The molecule has 0 bridgehead atoms. The molecule has 3 heterocycles. The summed E-state index contributed by atoms with van der Waals surface area (Å²) in [5.41, 5.74) is 3.07. The second-order valence-electron chi connectivity index (χ2n) is 7.51. The number of hydrogen-bond acceptors (Lipinski definition) is 4. The van der Waals surface area contributed by atoms with Gasteiger partial charge in [0, 0.05) is 31.2 Å². The molecule has 1 aliphatic heterocycles. The zero-order valence-corrected chi connectivity index (χ0v) is 19.4. The number of aromatic nitrogens is 2. The van der Waals surface area contributed by atoms with Gasteiger partial charge in [-0.1, -0.05) is 47.5 Å². The van der Waals surface area contributed by atoms with Gasteiger partial charge in [-0.25, -0.2) is 4.68 Å². The molecule has 2 aromatic heterocycles. The van der Waals surface area contributed by atoms with Gasteiger partial charge in [0.25, 0.3) is 5.91 Å². The molecule has 4 aromatic rings. The van der Waals surface area contributed by atoms with Gasteiger partial charge in [-0.3, -0.25) is 4.79 Å². The van der Waals surface area contributed by atoms with E-state index in [9.17, 15) is 4.79 Å². The van der Waals surface area contributed by atoms with Crippen LogP contribution in [0.4, 0.5) is 5.69 Å². The van der Waals surface area contributed by atoms with E-state index >= 15 is 0 Å². The van der Waals surface area contributed by atoms with Crippen molar-refractivity contribution in [2.45, 2.75) is 0 Å². The van der Waals surface area contributed by atoms with Crippen molar-refractivity contribution in [1.29, 1.82) is 0 Å². The van der Waals surface area contributed by atoms with E-state index in [-0.39, 0.29) is 5.91 Å². The maximum atomic E-state index is 13.6. The Morgan fingerprint density at radius 3 is 2.44 bits per heavy atom. The number of carbonyl (C=O) groups excluding carboxylic acids is 1. The van der Waals surface area contributed by atoms with Crippen LogP contribution in [-0.2, 0) is 0 Å². The quantitative estimate of drug-likeness (QED) is 0.365. The summed E-state index contributed by atoms with van der Waals surface area (Å²) < 4.78 is 1.70. The molecular formula is C24H20Cl2N4OS. The number of amides is 1. The van der Waals surface area contributed by atoms with E-state index in [0.717, 1.165) is 40.1 Å². The van der Waals surface area contributed by atoms with Gasteiger partial charge in [0.1, 0.15) is 11.4 Å². The largest absolute Gasteiger partial charge is 0.367 e. The van der Waals surface area contributed by atoms with Crippen LogP contribution in [0.25, 0.3) is 16.3 Å². The maximum absolute atomic E-state index is 13.6. The number of anilines is 1. The average molecular weight is 483 g/mol. The molecule has 0 unspecified atom stereocenters. The second kappa shape index (κ2) is 8.98. The lowest BCUT2D eigenvalue weighted by Crippen LogP contribution is -2.49. The molecule has 2 aromatic carbocycles. The summed E-state index contributed by atoms with van der Waals surface area (Å²) >= 11 is 14.2. The van der Waals surface area contributed by atoms with Gasteiger partial charge in [0.2, 0.25) is 0 Å². The van der Waals surface area contributed by atoms with Crippen molar-refractivity contribution in [3.05, 3.63) is 87.8 Å². The fourth-order valence-electron chi connectivity index (χ4n) is 3.90. The molecule has 0 aliphatic carbocycles. The molecule has 5 nitrogen and oxygen atoms in total. The highest BCUT2D eigenvalue weighted by atomic mass is 35.5. The summed E-state index contributed by atoms with van der Waals surface area (Å²) in [4.78, 5) is 18.7. The molecule has 1 fully saturated rings. The Labute approximate surface area is 200 Å². The van der Waals surface area contributed by atoms with Crippen LogP contribution in [0.1, 0.15) is 10.5 Å². The predicted octanol–water partition coefficient (Wildman–Crippen LogP) is 5.87. The van der Waals surface area contributed by atoms with E-state index in [0.29, 0.717) is 23.8 Å². The molecule has 0 radical (unpaired) electrons. The molecule has 0 spiro atoms. The number of carbonyl (C=O) groups is 1. The highest BCUT2D eigenvalue weighted by Crippen LogP contribution is 2.29. The molecule has 1 aliphatic rings. The zero-order valence-electron chi connectivity index (χ0n) is 17.1. The van der Waals surface area contributed by atoms with E-state index < -0.39 is 0 Å². The van der Waals surface area contributed by atoms with Gasteiger partial charge in [-0.2, -0.15) is 5.10 Å². The number of hydrogen-bond donors (Lipinski definition) is 0. The van der Waals surface area contributed by atoms with Crippen molar-refractivity contribution >= 4 is 46.1 Å². The standard InChI is InChI=1S/C24H20Cl2N4OS/c25-17-5-3-6-18(15-17)30-22(16-20(27-30)23-9-4-14-32-23)24(31)29-12-10-28(11-13-29)21-8-2-1-7-19(21)26/h1-9,14-16H,10-13H2. The van der Waals surface area contributed by atoms with E-state index in [4.69, 9.17) is 28.3 Å². The first-order valence-corrected chi connectivity index (χ1v) is 11.9. The summed E-state index contributed by atoms with van der Waals surface area (Å²) in [6.45, 7) is 2.66. The molecule has 0 saturated carbocycles. The Balaban J connectivity index is 1.43. The first-order chi connectivity index (χ1) is 15.6. The number of halogens is 2. The number of benzene rings is 2. The lowest BCUT2D eigenvalue weighted by molar-refractivity contribution is 0.0737. The lowest BCUT2D eigenvalue weighted by atomic mass is 10.2. The third kappa shape index (κ3) is 4.13. The molecule has 8 heteroatoms. The van der Waals surface area contributed by atoms with Crippen molar-refractivity contribution in [2.24, 2.45) is 0 Å². The number of nitrogens with zero attached hydrogens (tertiary/aromatic N) is 4. The van der Waals surface area contributed by atoms with Crippen LogP contribution in [0.15, 0.2) is 72.1 Å². The third-order valence-corrected chi connectivity index (χ3v) is 6.96. The van der Waals surface area contributed by atoms with Crippen LogP contribution in [0.2, 0.25) is 10.0 Å². The Morgan fingerprint density at radius 1 is 0.906 bits per heavy atom. The summed E-state index contributed by atoms with van der Waals surface area (Å²) in [6.07, 6.45) is 0. The molecule has 162 valence electrons. The Bertz CT molecular complexity index is 1250. The monoisotopic (exact) mass is 482 g/mol. The summed E-state index contributed by atoms with van der Waals surface area (Å²) in [5, 5.41) is 8.08. The minimum atomic E-state index is -0.0425. The van der Waals surface area contributed by atoms with Gasteiger partial charge in [-0.05, 0) is 47.8 Å². The smallest absolute Gasteiger partial charge is 0.272 e. The lowest BCUT2D eigenvalue weighted by Gasteiger charge is -2.36. The molecule has 1 saturated heterocycles. The predicted molar refractivity (Wildman–Crippen MR) is 131 cm³/mol. The average Bonchev–Trinajstić information content (AvgIpc) is 3.49. The van der Waals surface area contributed by atoms with Gasteiger partial charge >= 0.3 is 0 Å². The first-order valence-electron chi connectivity index (χ1n) is 10.3. The van der Waals surface area contributed by atoms with Crippen LogP contribution in [0.5, 0.6) is 0 Å². The maximum Gasteiger partial charge on any atom is 0.272 e. The molecule has 32 heavy (non-hydrogen) atoms. The highest BCUT2D eigenvalue weighted by Gasteiger charge is 2.27. The summed E-state index contributed by atoms with van der Waals surface area (Å²) in [7, 11) is 0. The minimum Gasteiger partial charge on any atom is -0.367 e. The van der Waals surface area contributed by atoms with E-state index in [2.05, 4.69) is 4.90 Å². The molecule has 0 atom stereocenters. The van der Waals surface area contributed by atoms with Crippen molar-refractivity contribution in [3.8, 4) is 16.3 Å². The first kappa shape index (κ1) is 21.1. The topological polar surface area (TPSA) is 41.4 Å². The number of para-hydroxylation sites is 1. The number of rotatable bonds is 4. The van der Waals surface area contributed by atoms with Crippen molar-refractivity contribution < 1.29 is 4.79 Å². The van der Waals surface area contributed by atoms with E-state index in [1.165, 1.54) is 0 Å². The van der Waals surface area contributed by atoms with Crippen LogP contribution in [0, 0.1) is 0 Å². The van der Waals surface area contributed by atoms with Crippen LogP contribution in [0.3, 0.4) is 0 Å². The van der Waals surface area contributed by atoms with E-state index in [1.54, 1.807) is 16.0 Å². The summed E-state index contributed by atoms with van der Waals surface area (Å²) in [6, 6.07) is 21.1. The Kier molecular flexibility index (Phi) is 5.91. The fourth-order valence-corrected chi connectivity index (χ4v) is 5.02. The molecule has 5 rings (SSSR count). The third-order valence-electron chi connectivity index (χ3n) is 5.51. The molecule has 0 N–H and O–H groups in total. The number of thiophene rings is 1. The van der Waals surface area contributed by atoms with Crippen LogP contribution < -0.4 is 4.90 Å². The van der Waals surface area contributed by atoms with Gasteiger partial charge < -0.3 is 9.80 Å². The van der Waals surface area contributed by atoms with Gasteiger partial charge in [0.05, 0.1) is 21.3 Å². The molecular weight excluding hydrogens is 463 g/mol. The summed E-state index contributed by atoms with van der Waals surface area (Å²) in [5.74, 6) is -0.0425. The van der Waals surface area contributed by atoms with Crippen molar-refractivity contribution in [2.75, 3.05) is 31.1 Å².